The highest BCUT2D eigenvalue weighted by atomic mass is 35.5. The number of aromatic nitrogens is 2. The minimum atomic E-state index is -0.653. The fourth-order valence-corrected chi connectivity index (χ4v) is 3.61. The average Bonchev–Trinajstić information content (AvgIpc) is 2.99. The van der Waals surface area contributed by atoms with Crippen molar-refractivity contribution in [2.75, 3.05) is 0 Å². The lowest BCUT2D eigenvalue weighted by molar-refractivity contribution is 0.589. The van der Waals surface area contributed by atoms with Crippen molar-refractivity contribution in [1.29, 1.82) is 0 Å². The van der Waals surface area contributed by atoms with E-state index in [1.54, 1.807) is 4.57 Å². The van der Waals surface area contributed by atoms with Crippen molar-refractivity contribution in [3.05, 3.63) is 82.6 Å². The third-order valence-corrected chi connectivity index (χ3v) is 4.78. The van der Waals surface area contributed by atoms with Crippen molar-refractivity contribution in [2.45, 2.75) is 13.8 Å². The Balaban J connectivity index is 2.04. The maximum atomic E-state index is 14.5. The molecule has 0 saturated heterocycles. The van der Waals surface area contributed by atoms with E-state index >= 15 is 0 Å². The van der Waals surface area contributed by atoms with Gasteiger partial charge in [0.15, 0.2) is 5.82 Å². The summed E-state index contributed by atoms with van der Waals surface area (Å²) in [6, 6.07) is 13.7. The molecule has 3 aromatic carbocycles. The summed E-state index contributed by atoms with van der Waals surface area (Å²) >= 11 is 6.49. The second kappa shape index (κ2) is 6.22. The van der Waals surface area contributed by atoms with E-state index in [0.717, 1.165) is 34.0 Å². The first-order valence-corrected chi connectivity index (χ1v) is 8.52. The van der Waals surface area contributed by atoms with Crippen LogP contribution in [0.5, 0.6) is 0 Å². The summed E-state index contributed by atoms with van der Waals surface area (Å²) in [5.74, 6) is -1.30. The summed E-state index contributed by atoms with van der Waals surface area (Å²) in [5, 5.41) is 0.622. The predicted molar refractivity (Wildman–Crippen MR) is 101 cm³/mol. The van der Waals surface area contributed by atoms with Gasteiger partial charge in [-0.15, -0.1) is 0 Å². The fourth-order valence-electron chi connectivity index (χ4n) is 3.28. The third kappa shape index (κ3) is 2.67. The van der Waals surface area contributed by atoms with Crippen molar-refractivity contribution >= 4 is 22.6 Å². The summed E-state index contributed by atoms with van der Waals surface area (Å²) in [4.78, 5) is 4.17. The zero-order chi connectivity index (χ0) is 18.4. The number of benzene rings is 3. The topological polar surface area (TPSA) is 17.8 Å². The number of fused-ring (bicyclic) bond motifs is 1. The van der Waals surface area contributed by atoms with Crippen LogP contribution >= 0.6 is 11.6 Å². The highest BCUT2D eigenvalue weighted by Gasteiger charge is 2.17. The quantitative estimate of drug-likeness (QED) is 0.409. The first kappa shape index (κ1) is 16.7. The largest absolute Gasteiger partial charge is 0.296 e. The second-order valence-corrected chi connectivity index (χ2v) is 6.73. The van der Waals surface area contributed by atoms with Crippen LogP contribution in [0, 0.1) is 25.5 Å². The van der Waals surface area contributed by atoms with Crippen molar-refractivity contribution in [2.24, 2.45) is 0 Å². The SMILES string of the molecule is Cc1ccc(-c2c(C)cccc2-n2cnc3cc(F)cc(F)c32)c(Cl)c1. The van der Waals surface area contributed by atoms with Gasteiger partial charge in [0.1, 0.15) is 17.7 Å². The van der Waals surface area contributed by atoms with Gasteiger partial charge in [-0.2, -0.15) is 0 Å². The van der Waals surface area contributed by atoms with Gasteiger partial charge in [0.25, 0.3) is 0 Å². The van der Waals surface area contributed by atoms with Crippen LogP contribution in [0.15, 0.2) is 54.9 Å². The molecule has 4 aromatic rings. The van der Waals surface area contributed by atoms with Crippen LogP contribution < -0.4 is 0 Å². The molecule has 0 amide bonds. The minimum Gasteiger partial charge on any atom is -0.296 e. The highest BCUT2D eigenvalue weighted by Crippen LogP contribution is 2.37. The van der Waals surface area contributed by atoms with E-state index < -0.39 is 11.6 Å². The van der Waals surface area contributed by atoms with Gasteiger partial charge in [-0.1, -0.05) is 35.9 Å². The predicted octanol–water partition coefficient (Wildman–Crippen LogP) is 6.24. The van der Waals surface area contributed by atoms with Gasteiger partial charge in [-0.05, 0) is 37.1 Å². The van der Waals surface area contributed by atoms with E-state index in [1.165, 1.54) is 12.4 Å². The molecule has 0 aliphatic carbocycles. The molecule has 0 atom stereocenters. The molecule has 0 radical (unpaired) electrons. The Morgan fingerprint density at radius 2 is 1.81 bits per heavy atom. The Hall–Kier alpha value is -2.72. The molecule has 0 spiro atoms. The van der Waals surface area contributed by atoms with Crippen LogP contribution in [-0.2, 0) is 0 Å². The van der Waals surface area contributed by atoms with Crippen LogP contribution in [0.25, 0.3) is 27.8 Å². The monoisotopic (exact) mass is 368 g/mol. The summed E-state index contributed by atoms with van der Waals surface area (Å²) in [5.41, 5.74) is 5.05. The lowest BCUT2D eigenvalue weighted by Gasteiger charge is -2.16. The molecule has 4 rings (SSSR count). The lowest BCUT2D eigenvalue weighted by atomic mass is 9.97. The number of hydrogen-bond acceptors (Lipinski definition) is 1. The number of imidazole rings is 1. The molecule has 26 heavy (non-hydrogen) atoms. The van der Waals surface area contributed by atoms with Crippen LogP contribution in [-0.4, -0.2) is 9.55 Å². The van der Waals surface area contributed by atoms with Gasteiger partial charge in [0.05, 0.1) is 11.2 Å². The molecule has 0 aliphatic rings. The fraction of sp³-hybridized carbons (Fsp3) is 0.0952. The van der Waals surface area contributed by atoms with Gasteiger partial charge in [-0.25, -0.2) is 13.8 Å². The first-order chi connectivity index (χ1) is 12.5. The second-order valence-electron chi connectivity index (χ2n) is 6.32. The Bertz CT molecular complexity index is 1150. The van der Waals surface area contributed by atoms with Crippen LogP contribution in [0.1, 0.15) is 11.1 Å². The molecule has 0 unspecified atom stereocenters. The van der Waals surface area contributed by atoms with E-state index in [0.29, 0.717) is 5.02 Å². The van der Waals surface area contributed by atoms with Gasteiger partial charge >= 0.3 is 0 Å². The highest BCUT2D eigenvalue weighted by molar-refractivity contribution is 6.33. The summed E-state index contributed by atoms with van der Waals surface area (Å²) in [7, 11) is 0. The normalized spacial score (nSPS) is 11.3. The van der Waals surface area contributed by atoms with Crippen LogP contribution in [0.3, 0.4) is 0 Å². The Labute approximate surface area is 154 Å². The molecule has 0 bridgehead atoms. The van der Waals surface area contributed by atoms with Gasteiger partial charge in [0, 0.05) is 28.3 Å². The van der Waals surface area contributed by atoms with E-state index in [9.17, 15) is 8.78 Å². The van der Waals surface area contributed by atoms with Crippen molar-refractivity contribution in [3.8, 4) is 16.8 Å². The van der Waals surface area contributed by atoms with Crippen molar-refractivity contribution in [1.82, 2.24) is 9.55 Å². The zero-order valence-electron chi connectivity index (χ0n) is 14.2. The molecule has 0 fully saturated rings. The van der Waals surface area contributed by atoms with Gasteiger partial charge < -0.3 is 0 Å². The number of halogens is 3. The number of rotatable bonds is 2. The van der Waals surface area contributed by atoms with E-state index in [2.05, 4.69) is 4.98 Å². The smallest absolute Gasteiger partial charge is 0.152 e. The molecular weight excluding hydrogens is 354 g/mol. The van der Waals surface area contributed by atoms with Crippen LogP contribution in [0.4, 0.5) is 8.78 Å². The minimum absolute atomic E-state index is 0.237. The summed E-state index contributed by atoms with van der Waals surface area (Å²) < 4.78 is 29.6. The Morgan fingerprint density at radius 1 is 1.00 bits per heavy atom. The zero-order valence-corrected chi connectivity index (χ0v) is 15.0. The van der Waals surface area contributed by atoms with E-state index in [4.69, 9.17) is 11.6 Å². The molecule has 130 valence electrons. The number of hydrogen-bond donors (Lipinski definition) is 0. The average molecular weight is 369 g/mol. The van der Waals surface area contributed by atoms with Crippen molar-refractivity contribution in [3.63, 3.8) is 0 Å². The Kier molecular flexibility index (Phi) is 4.00. The molecule has 0 aliphatic heterocycles. The maximum Gasteiger partial charge on any atom is 0.152 e. The first-order valence-electron chi connectivity index (χ1n) is 8.14. The molecule has 0 saturated carbocycles. The third-order valence-electron chi connectivity index (χ3n) is 4.47. The molecular formula is C21H15ClF2N2. The summed E-state index contributed by atoms with van der Waals surface area (Å²) in [6.07, 6.45) is 1.51. The molecule has 5 heteroatoms. The summed E-state index contributed by atoms with van der Waals surface area (Å²) in [6.45, 7) is 3.95. The lowest BCUT2D eigenvalue weighted by Crippen LogP contribution is -2.00. The number of aryl methyl sites for hydroxylation is 2. The van der Waals surface area contributed by atoms with Gasteiger partial charge in [0.2, 0.25) is 0 Å². The van der Waals surface area contributed by atoms with Crippen LogP contribution in [0.2, 0.25) is 5.02 Å². The van der Waals surface area contributed by atoms with Crippen molar-refractivity contribution < 1.29 is 8.78 Å². The standard InChI is InChI=1S/C21H15ClF2N2/c1-12-6-7-15(16(22)8-12)20-13(2)4-3-5-19(20)26-11-25-18-10-14(23)9-17(24)21(18)26/h3-11H,1-2H3. The number of nitrogens with zero attached hydrogens (tertiary/aromatic N) is 2. The molecule has 2 nitrogen and oxygen atoms in total. The van der Waals surface area contributed by atoms with E-state index in [1.807, 2.05) is 50.2 Å². The Morgan fingerprint density at radius 3 is 2.58 bits per heavy atom. The van der Waals surface area contributed by atoms with Gasteiger partial charge in [-0.3, -0.25) is 4.57 Å². The molecule has 1 aromatic heterocycles. The maximum absolute atomic E-state index is 14.5. The molecule has 1 heterocycles. The van der Waals surface area contributed by atoms with E-state index in [-0.39, 0.29) is 11.0 Å². The molecule has 0 N–H and O–H groups in total.